The minimum Gasteiger partial charge on any atom is -0.481 e. The molecule has 1 aromatic carbocycles. The number of aliphatic carboxylic acids is 1. The second-order valence-corrected chi connectivity index (χ2v) is 6.23. The first-order valence-electron chi connectivity index (χ1n) is 7.33. The first-order chi connectivity index (χ1) is 10.7. The summed E-state index contributed by atoms with van der Waals surface area (Å²) in [5.41, 5.74) is 0.449. The summed E-state index contributed by atoms with van der Waals surface area (Å²) < 4.78 is 5.10. The van der Waals surface area contributed by atoms with Crippen molar-refractivity contribution in [2.45, 2.75) is 39.0 Å². The number of benzene rings is 1. The second-order valence-electron chi connectivity index (χ2n) is 6.23. The van der Waals surface area contributed by atoms with Gasteiger partial charge in [0.25, 0.3) is 5.91 Å². The molecule has 1 aromatic heterocycles. The van der Waals surface area contributed by atoms with Crippen molar-refractivity contribution in [3.8, 4) is 0 Å². The Morgan fingerprint density at radius 1 is 1.22 bits per heavy atom. The van der Waals surface area contributed by atoms with Crippen molar-refractivity contribution in [3.05, 3.63) is 47.3 Å². The van der Waals surface area contributed by atoms with Crippen LogP contribution in [-0.2, 0) is 10.2 Å². The van der Waals surface area contributed by atoms with E-state index < -0.39 is 11.4 Å². The first-order valence-corrected chi connectivity index (χ1v) is 7.33. The topological polar surface area (TPSA) is 92.4 Å². The van der Waals surface area contributed by atoms with Crippen LogP contribution in [0, 0.1) is 0 Å². The Morgan fingerprint density at radius 3 is 2.30 bits per heavy atom. The molecular weight excluding hydrogens is 296 g/mol. The van der Waals surface area contributed by atoms with Crippen LogP contribution in [-0.4, -0.2) is 22.1 Å². The van der Waals surface area contributed by atoms with E-state index in [1.165, 1.54) is 0 Å². The fraction of sp³-hybridized carbons (Fsp3) is 0.353. The SMILES string of the molecule is CC(C)c1cc(C(=O)Nc2ccc(C(C)(C)C(=O)O)cc2)no1. The zero-order valence-corrected chi connectivity index (χ0v) is 13.6. The molecule has 0 bridgehead atoms. The van der Waals surface area contributed by atoms with Crippen molar-refractivity contribution < 1.29 is 19.2 Å². The van der Waals surface area contributed by atoms with E-state index in [2.05, 4.69) is 10.5 Å². The number of carbonyl (C=O) groups excluding carboxylic acids is 1. The monoisotopic (exact) mass is 316 g/mol. The number of nitrogens with one attached hydrogen (secondary N) is 1. The van der Waals surface area contributed by atoms with Crippen molar-refractivity contribution in [3.63, 3.8) is 0 Å². The molecule has 0 unspecified atom stereocenters. The maximum absolute atomic E-state index is 12.1. The zero-order valence-electron chi connectivity index (χ0n) is 13.6. The number of carboxylic acids is 1. The number of hydrogen-bond donors (Lipinski definition) is 2. The third kappa shape index (κ3) is 3.59. The highest BCUT2D eigenvalue weighted by Gasteiger charge is 2.29. The molecule has 0 spiro atoms. The molecule has 0 aliphatic carbocycles. The van der Waals surface area contributed by atoms with E-state index in [9.17, 15) is 14.7 Å². The van der Waals surface area contributed by atoms with E-state index in [0.717, 1.165) is 0 Å². The third-order valence-corrected chi connectivity index (χ3v) is 3.73. The number of carbonyl (C=O) groups is 2. The number of hydrogen-bond acceptors (Lipinski definition) is 4. The third-order valence-electron chi connectivity index (χ3n) is 3.73. The Bertz CT molecular complexity index is 714. The van der Waals surface area contributed by atoms with Crippen LogP contribution in [0.15, 0.2) is 34.9 Å². The van der Waals surface area contributed by atoms with Gasteiger partial charge < -0.3 is 14.9 Å². The highest BCUT2D eigenvalue weighted by Crippen LogP contribution is 2.25. The van der Waals surface area contributed by atoms with Crippen LogP contribution >= 0.6 is 0 Å². The molecule has 2 aromatic rings. The molecule has 2 N–H and O–H groups in total. The van der Waals surface area contributed by atoms with Crippen LogP contribution in [0.3, 0.4) is 0 Å². The Kier molecular flexibility index (Phi) is 4.54. The minimum atomic E-state index is -0.985. The molecule has 6 nitrogen and oxygen atoms in total. The molecule has 1 amide bonds. The molecule has 0 radical (unpaired) electrons. The van der Waals surface area contributed by atoms with Crippen molar-refractivity contribution >= 4 is 17.6 Å². The number of rotatable bonds is 5. The van der Waals surface area contributed by atoms with Crippen molar-refractivity contribution in [1.29, 1.82) is 0 Å². The van der Waals surface area contributed by atoms with Gasteiger partial charge in [-0.05, 0) is 31.5 Å². The van der Waals surface area contributed by atoms with Gasteiger partial charge in [0.05, 0.1) is 5.41 Å². The number of anilines is 1. The lowest BCUT2D eigenvalue weighted by Gasteiger charge is -2.19. The van der Waals surface area contributed by atoms with E-state index in [-0.39, 0.29) is 17.5 Å². The highest BCUT2D eigenvalue weighted by atomic mass is 16.5. The van der Waals surface area contributed by atoms with Gasteiger partial charge in [0, 0.05) is 17.7 Å². The molecule has 0 aliphatic heterocycles. The smallest absolute Gasteiger partial charge is 0.313 e. The fourth-order valence-corrected chi connectivity index (χ4v) is 1.96. The second kappa shape index (κ2) is 6.24. The van der Waals surface area contributed by atoms with Crippen molar-refractivity contribution in [2.75, 3.05) is 5.32 Å². The average Bonchev–Trinajstić information content (AvgIpc) is 2.97. The number of aromatic nitrogens is 1. The van der Waals surface area contributed by atoms with Gasteiger partial charge in [-0.15, -0.1) is 0 Å². The maximum Gasteiger partial charge on any atom is 0.313 e. The molecule has 0 fully saturated rings. The van der Waals surface area contributed by atoms with Crippen LogP contribution in [0.1, 0.15) is 55.4 Å². The van der Waals surface area contributed by atoms with E-state index >= 15 is 0 Å². The molecule has 0 atom stereocenters. The lowest BCUT2D eigenvalue weighted by atomic mass is 9.85. The van der Waals surface area contributed by atoms with Crippen molar-refractivity contribution in [1.82, 2.24) is 5.16 Å². The number of carboxylic acid groups (broad SMARTS) is 1. The van der Waals surface area contributed by atoms with Gasteiger partial charge in [-0.2, -0.15) is 0 Å². The van der Waals surface area contributed by atoms with Crippen molar-refractivity contribution in [2.24, 2.45) is 0 Å². The Labute approximate surface area is 134 Å². The van der Waals surface area contributed by atoms with E-state index in [4.69, 9.17) is 4.52 Å². The fourth-order valence-electron chi connectivity index (χ4n) is 1.96. The molecule has 0 saturated heterocycles. The normalized spacial score (nSPS) is 11.5. The Hall–Kier alpha value is -2.63. The molecule has 23 heavy (non-hydrogen) atoms. The summed E-state index contributed by atoms with van der Waals surface area (Å²) in [5, 5.41) is 15.7. The van der Waals surface area contributed by atoms with Gasteiger partial charge >= 0.3 is 5.97 Å². The van der Waals surface area contributed by atoms with E-state index in [1.54, 1.807) is 44.2 Å². The molecule has 122 valence electrons. The molecule has 0 saturated carbocycles. The number of amides is 1. The van der Waals surface area contributed by atoms with Crippen LogP contribution in [0.2, 0.25) is 0 Å². The number of nitrogens with zero attached hydrogens (tertiary/aromatic N) is 1. The molecule has 2 rings (SSSR count). The standard InChI is InChI=1S/C17H20N2O4/c1-10(2)14-9-13(19-23-14)15(20)18-12-7-5-11(6-8-12)17(3,4)16(21)22/h5-10H,1-4H3,(H,18,20)(H,21,22). The predicted octanol–water partition coefficient (Wildman–Crippen LogP) is 3.41. The van der Waals surface area contributed by atoms with E-state index in [1.807, 2.05) is 13.8 Å². The van der Waals surface area contributed by atoms with Gasteiger partial charge in [-0.1, -0.05) is 31.1 Å². The molecule has 1 heterocycles. The van der Waals surface area contributed by atoms with Gasteiger partial charge in [0.15, 0.2) is 5.69 Å². The lowest BCUT2D eigenvalue weighted by Crippen LogP contribution is -2.28. The Balaban J connectivity index is 2.11. The van der Waals surface area contributed by atoms with E-state index in [0.29, 0.717) is 17.0 Å². The summed E-state index contributed by atoms with van der Waals surface area (Å²) in [6, 6.07) is 8.32. The van der Waals surface area contributed by atoms with Gasteiger partial charge in [-0.3, -0.25) is 9.59 Å². The van der Waals surface area contributed by atoms with Crippen LogP contribution in [0.4, 0.5) is 5.69 Å². The summed E-state index contributed by atoms with van der Waals surface area (Å²) in [7, 11) is 0. The van der Waals surface area contributed by atoms with Crippen LogP contribution < -0.4 is 5.32 Å². The first kappa shape index (κ1) is 16.7. The summed E-state index contributed by atoms with van der Waals surface area (Å²) in [6.45, 7) is 7.16. The van der Waals surface area contributed by atoms with Gasteiger partial charge in [0.1, 0.15) is 5.76 Å². The maximum atomic E-state index is 12.1. The Morgan fingerprint density at radius 2 is 1.83 bits per heavy atom. The largest absolute Gasteiger partial charge is 0.481 e. The lowest BCUT2D eigenvalue weighted by molar-refractivity contribution is -0.142. The quantitative estimate of drug-likeness (QED) is 0.881. The van der Waals surface area contributed by atoms with Crippen LogP contribution in [0.5, 0.6) is 0 Å². The van der Waals surface area contributed by atoms with Gasteiger partial charge in [0.2, 0.25) is 0 Å². The summed E-state index contributed by atoms with van der Waals surface area (Å²) in [5.74, 6) is -0.473. The predicted molar refractivity (Wildman–Crippen MR) is 85.6 cm³/mol. The molecule has 6 heteroatoms. The average molecular weight is 316 g/mol. The summed E-state index contributed by atoms with van der Waals surface area (Å²) in [4.78, 5) is 23.4. The highest BCUT2D eigenvalue weighted by molar-refractivity contribution is 6.02. The molecular formula is C17H20N2O4. The van der Waals surface area contributed by atoms with Gasteiger partial charge in [-0.25, -0.2) is 0 Å². The zero-order chi connectivity index (χ0) is 17.2. The minimum absolute atomic E-state index is 0.154. The summed E-state index contributed by atoms with van der Waals surface area (Å²) in [6.07, 6.45) is 0. The molecule has 0 aliphatic rings. The van der Waals surface area contributed by atoms with Crippen LogP contribution in [0.25, 0.3) is 0 Å². The summed E-state index contributed by atoms with van der Waals surface area (Å²) >= 11 is 0.